The minimum atomic E-state index is -1.23. The van der Waals surface area contributed by atoms with Gasteiger partial charge in [0.25, 0.3) is 0 Å². The summed E-state index contributed by atoms with van der Waals surface area (Å²) in [5.74, 6) is -1.36. The number of rotatable bonds is 3. The van der Waals surface area contributed by atoms with E-state index < -0.39 is 17.1 Å². The van der Waals surface area contributed by atoms with Crippen molar-refractivity contribution in [3.63, 3.8) is 0 Å². The molecule has 0 bridgehead atoms. The van der Waals surface area contributed by atoms with Crippen molar-refractivity contribution in [1.29, 1.82) is 0 Å². The molecule has 0 spiro atoms. The maximum absolute atomic E-state index is 13.1. The second kappa shape index (κ2) is 5.22. The van der Waals surface area contributed by atoms with Gasteiger partial charge >= 0.3 is 0 Å². The van der Waals surface area contributed by atoms with Crippen LogP contribution >= 0.6 is 11.6 Å². The van der Waals surface area contributed by atoms with Gasteiger partial charge in [-0.05, 0) is 32.0 Å². The first-order valence-corrected chi connectivity index (χ1v) is 5.40. The average molecular weight is 274 g/mol. The molecule has 0 aliphatic heterocycles. The zero-order chi connectivity index (χ0) is 13.9. The lowest BCUT2D eigenvalue weighted by Gasteiger charge is -2.21. The number of amides is 1. The molecular formula is C11H13ClFN3O2. The Kier molecular flexibility index (Phi) is 4.13. The Balaban J connectivity index is 2.94. The number of benzene rings is 1. The number of halogens is 2. The molecule has 1 amide bonds. The van der Waals surface area contributed by atoms with Crippen molar-refractivity contribution in [3.05, 3.63) is 29.0 Å². The standard InChI is InChI=1S/C11H13ClFN3O2/c1-11(2,9(14)16-18)10(17)15-8-4-6(12)3-7(13)5-8/h3-5,18H,1-2H3,(H2,14,16)(H,15,17). The van der Waals surface area contributed by atoms with Gasteiger partial charge in [-0.3, -0.25) is 4.79 Å². The third-order valence-corrected chi connectivity index (χ3v) is 2.65. The second-order valence-electron chi connectivity index (χ2n) is 4.22. The predicted molar refractivity (Wildman–Crippen MR) is 67.2 cm³/mol. The molecule has 7 heteroatoms. The van der Waals surface area contributed by atoms with Crippen molar-refractivity contribution in [1.82, 2.24) is 0 Å². The largest absolute Gasteiger partial charge is 0.409 e. The lowest BCUT2D eigenvalue weighted by atomic mass is 9.91. The second-order valence-corrected chi connectivity index (χ2v) is 4.66. The number of hydrogen-bond donors (Lipinski definition) is 3. The number of carbonyl (C=O) groups excluding carboxylic acids is 1. The number of nitrogens with two attached hydrogens (primary N) is 1. The van der Waals surface area contributed by atoms with Crippen LogP contribution in [0, 0.1) is 11.2 Å². The summed E-state index contributed by atoms with van der Waals surface area (Å²) in [5.41, 5.74) is 4.37. The molecule has 98 valence electrons. The number of nitrogens with one attached hydrogen (secondary N) is 1. The number of hydrogen-bond acceptors (Lipinski definition) is 3. The van der Waals surface area contributed by atoms with Crippen LogP contribution in [0.4, 0.5) is 10.1 Å². The molecule has 0 heterocycles. The van der Waals surface area contributed by atoms with E-state index in [1.807, 2.05) is 0 Å². The number of nitrogens with zero attached hydrogens (tertiary/aromatic N) is 1. The van der Waals surface area contributed by atoms with Crippen LogP contribution in [0.5, 0.6) is 0 Å². The highest BCUT2D eigenvalue weighted by Crippen LogP contribution is 2.22. The first-order valence-electron chi connectivity index (χ1n) is 5.03. The van der Waals surface area contributed by atoms with E-state index >= 15 is 0 Å². The van der Waals surface area contributed by atoms with Gasteiger partial charge in [-0.1, -0.05) is 16.8 Å². The molecule has 5 nitrogen and oxygen atoms in total. The molecule has 1 aromatic carbocycles. The fourth-order valence-corrected chi connectivity index (χ4v) is 1.38. The molecule has 1 rings (SSSR count). The SMILES string of the molecule is CC(C)(C(=O)Nc1cc(F)cc(Cl)c1)/C(N)=N/O. The monoisotopic (exact) mass is 273 g/mol. The molecule has 1 aromatic rings. The third-order valence-electron chi connectivity index (χ3n) is 2.44. The van der Waals surface area contributed by atoms with Crippen LogP contribution in [-0.2, 0) is 4.79 Å². The quantitative estimate of drug-likeness (QED) is 0.341. The Morgan fingerprint density at radius 2 is 2.11 bits per heavy atom. The van der Waals surface area contributed by atoms with E-state index in [0.29, 0.717) is 0 Å². The summed E-state index contributed by atoms with van der Waals surface area (Å²) < 4.78 is 13.1. The van der Waals surface area contributed by atoms with E-state index in [4.69, 9.17) is 22.5 Å². The van der Waals surface area contributed by atoms with Gasteiger partial charge in [-0.2, -0.15) is 0 Å². The highest BCUT2D eigenvalue weighted by Gasteiger charge is 2.32. The topological polar surface area (TPSA) is 87.7 Å². The van der Waals surface area contributed by atoms with Crippen molar-refractivity contribution in [2.45, 2.75) is 13.8 Å². The van der Waals surface area contributed by atoms with Crippen molar-refractivity contribution in [3.8, 4) is 0 Å². The third kappa shape index (κ3) is 3.10. The Morgan fingerprint density at radius 3 is 2.61 bits per heavy atom. The molecular weight excluding hydrogens is 261 g/mol. The Labute approximate surface area is 108 Å². The number of anilines is 1. The summed E-state index contributed by atoms with van der Waals surface area (Å²) in [5, 5.41) is 14.0. The van der Waals surface area contributed by atoms with Crippen LogP contribution in [-0.4, -0.2) is 17.0 Å². The Hall–Kier alpha value is -1.82. The molecule has 0 saturated carbocycles. The van der Waals surface area contributed by atoms with Crippen LogP contribution in [0.15, 0.2) is 23.4 Å². The van der Waals surface area contributed by atoms with E-state index in [2.05, 4.69) is 10.5 Å². The summed E-state index contributed by atoms with van der Waals surface area (Å²) in [6.07, 6.45) is 0. The molecule has 0 fully saturated rings. The normalized spacial score (nSPS) is 12.3. The zero-order valence-corrected chi connectivity index (χ0v) is 10.6. The maximum atomic E-state index is 13.1. The van der Waals surface area contributed by atoms with Gasteiger partial charge in [0.2, 0.25) is 5.91 Å². The Morgan fingerprint density at radius 1 is 1.50 bits per heavy atom. The smallest absolute Gasteiger partial charge is 0.237 e. The highest BCUT2D eigenvalue weighted by atomic mass is 35.5. The fourth-order valence-electron chi connectivity index (χ4n) is 1.15. The summed E-state index contributed by atoms with van der Waals surface area (Å²) in [4.78, 5) is 11.9. The molecule has 0 aliphatic rings. The molecule has 18 heavy (non-hydrogen) atoms. The number of carbonyl (C=O) groups is 1. The lowest BCUT2D eigenvalue weighted by molar-refractivity contribution is -0.121. The molecule has 0 atom stereocenters. The van der Waals surface area contributed by atoms with E-state index in [1.165, 1.54) is 19.9 Å². The minimum Gasteiger partial charge on any atom is -0.409 e. The zero-order valence-electron chi connectivity index (χ0n) is 9.87. The van der Waals surface area contributed by atoms with E-state index in [1.54, 1.807) is 0 Å². The summed E-state index contributed by atoms with van der Waals surface area (Å²) >= 11 is 5.66. The van der Waals surface area contributed by atoms with Crippen LogP contribution in [0.25, 0.3) is 0 Å². The van der Waals surface area contributed by atoms with Gasteiger partial charge in [0.1, 0.15) is 11.2 Å². The summed E-state index contributed by atoms with van der Waals surface area (Å²) in [6, 6.07) is 3.63. The maximum Gasteiger partial charge on any atom is 0.237 e. The number of oxime groups is 1. The van der Waals surface area contributed by atoms with Crippen LogP contribution in [0.2, 0.25) is 5.02 Å². The average Bonchev–Trinajstić information content (AvgIpc) is 2.26. The van der Waals surface area contributed by atoms with Gasteiger partial charge in [0.15, 0.2) is 5.84 Å². The van der Waals surface area contributed by atoms with Crippen LogP contribution in [0.1, 0.15) is 13.8 Å². The first-order chi connectivity index (χ1) is 8.27. The minimum absolute atomic E-state index is 0.159. The van der Waals surface area contributed by atoms with Gasteiger partial charge in [-0.25, -0.2) is 4.39 Å². The first kappa shape index (κ1) is 14.2. The van der Waals surface area contributed by atoms with Gasteiger partial charge in [0.05, 0.1) is 0 Å². The van der Waals surface area contributed by atoms with Gasteiger partial charge in [0, 0.05) is 10.7 Å². The highest BCUT2D eigenvalue weighted by molar-refractivity contribution is 6.31. The van der Waals surface area contributed by atoms with Crippen LogP contribution < -0.4 is 11.1 Å². The van der Waals surface area contributed by atoms with Crippen molar-refractivity contribution in [2.75, 3.05) is 5.32 Å². The number of amidine groups is 1. The van der Waals surface area contributed by atoms with Crippen LogP contribution in [0.3, 0.4) is 0 Å². The van der Waals surface area contributed by atoms with E-state index in [-0.39, 0.29) is 16.5 Å². The van der Waals surface area contributed by atoms with Crippen molar-refractivity contribution < 1.29 is 14.4 Å². The molecule has 0 aliphatic carbocycles. The molecule has 0 radical (unpaired) electrons. The van der Waals surface area contributed by atoms with Gasteiger partial charge < -0.3 is 16.3 Å². The molecule has 0 aromatic heterocycles. The summed E-state index contributed by atoms with van der Waals surface area (Å²) in [7, 11) is 0. The molecule has 0 unspecified atom stereocenters. The fraction of sp³-hybridized carbons (Fsp3) is 0.273. The Bertz CT molecular complexity index is 483. The molecule has 0 saturated heterocycles. The predicted octanol–water partition coefficient (Wildman–Crippen LogP) is 2.19. The van der Waals surface area contributed by atoms with Gasteiger partial charge in [-0.15, -0.1) is 0 Å². The summed E-state index contributed by atoms with van der Waals surface area (Å²) in [6.45, 7) is 2.94. The van der Waals surface area contributed by atoms with Crippen molar-refractivity contribution >= 4 is 29.0 Å². The lowest BCUT2D eigenvalue weighted by Crippen LogP contribution is -2.42. The van der Waals surface area contributed by atoms with E-state index in [0.717, 1.165) is 12.1 Å². The molecule has 4 N–H and O–H groups in total. The van der Waals surface area contributed by atoms with E-state index in [9.17, 15) is 9.18 Å². The van der Waals surface area contributed by atoms with Crippen molar-refractivity contribution in [2.24, 2.45) is 16.3 Å².